The molecular weight excluding hydrogens is 340 g/mol. The molecule has 0 unspecified atom stereocenters. The first-order valence-electron chi connectivity index (χ1n) is 5.99. The van der Waals surface area contributed by atoms with Gasteiger partial charge in [0.05, 0.1) is 4.92 Å². The molecule has 0 aliphatic rings. The third-order valence-corrected chi connectivity index (χ3v) is 3.21. The largest absolute Gasteiger partial charge is 0.360 e. The molecule has 1 heterocycles. The van der Waals surface area contributed by atoms with E-state index in [4.69, 9.17) is 5.84 Å². The van der Waals surface area contributed by atoms with E-state index in [9.17, 15) is 10.1 Å². The number of rotatable bonds is 5. The van der Waals surface area contributed by atoms with Crippen LogP contribution in [0.2, 0.25) is 0 Å². The molecule has 0 saturated heterocycles. The fourth-order valence-electron chi connectivity index (χ4n) is 1.81. The number of halogens is 1. The molecule has 4 N–H and O–H groups in total. The first-order valence-corrected chi connectivity index (χ1v) is 6.78. The van der Waals surface area contributed by atoms with Crippen molar-refractivity contribution in [2.24, 2.45) is 5.84 Å². The summed E-state index contributed by atoms with van der Waals surface area (Å²) >= 11 is 3.37. The van der Waals surface area contributed by atoms with Crippen LogP contribution in [0.1, 0.15) is 11.3 Å². The first kappa shape index (κ1) is 15.1. The number of aryl methyl sites for hydroxylation is 1. The van der Waals surface area contributed by atoms with Gasteiger partial charge in [0.15, 0.2) is 0 Å². The molecular formula is C12H13BrN6O2. The molecule has 0 bridgehead atoms. The number of nitrogens with zero attached hydrogens (tertiary/aromatic N) is 3. The van der Waals surface area contributed by atoms with Gasteiger partial charge in [0.2, 0.25) is 11.8 Å². The average Bonchev–Trinajstić information content (AvgIpc) is 2.44. The summed E-state index contributed by atoms with van der Waals surface area (Å²) in [6, 6.07) is 7.60. The zero-order valence-electron chi connectivity index (χ0n) is 11.1. The molecule has 0 amide bonds. The van der Waals surface area contributed by atoms with Crippen LogP contribution in [0.15, 0.2) is 28.7 Å². The highest BCUT2D eigenvalue weighted by Crippen LogP contribution is 2.26. The number of nitrogens with one attached hydrogen (secondary N) is 2. The predicted molar refractivity (Wildman–Crippen MR) is 82.7 cm³/mol. The van der Waals surface area contributed by atoms with Gasteiger partial charge in [0.1, 0.15) is 5.69 Å². The Labute approximate surface area is 129 Å². The number of hydrogen-bond acceptors (Lipinski definition) is 7. The minimum atomic E-state index is -0.515. The Hall–Kier alpha value is -2.26. The summed E-state index contributed by atoms with van der Waals surface area (Å²) in [4.78, 5) is 18.5. The van der Waals surface area contributed by atoms with Crippen molar-refractivity contribution >= 4 is 33.4 Å². The zero-order valence-corrected chi connectivity index (χ0v) is 12.7. The molecule has 2 aromatic rings. The highest BCUT2D eigenvalue weighted by atomic mass is 79.9. The van der Waals surface area contributed by atoms with Gasteiger partial charge in [-0.1, -0.05) is 28.1 Å². The van der Waals surface area contributed by atoms with Gasteiger partial charge in [0, 0.05) is 11.0 Å². The van der Waals surface area contributed by atoms with Gasteiger partial charge >= 0.3 is 5.69 Å². The number of anilines is 2. The van der Waals surface area contributed by atoms with E-state index in [0.717, 1.165) is 10.0 Å². The minimum absolute atomic E-state index is 0.120. The maximum atomic E-state index is 11.1. The number of nitrogens with two attached hydrogens (primary N) is 1. The third kappa shape index (κ3) is 3.64. The molecule has 9 heteroatoms. The Bertz CT molecular complexity index is 679. The van der Waals surface area contributed by atoms with Crippen LogP contribution in [0.5, 0.6) is 0 Å². The molecule has 8 nitrogen and oxygen atoms in total. The summed E-state index contributed by atoms with van der Waals surface area (Å²) in [5.74, 6) is 5.51. The van der Waals surface area contributed by atoms with Crippen LogP contribution in [-0.2, 0) is 6.54 Å². The highest BCUT2D eigenvalue weighted by molar-refractivity contribution is 9.10. The summed E-state index contributed by atoms with van der Waals surface area (Å²) in [6.45, 7) is 1.92. The second-order valence-corrected chi connectivity index (χ2v) is 5.13. The van der Waals surface area contributed by atoms with Gasteiger partial charge < -0.3 is 5.32 Å². The SMILES string of the molecule is Cc1nc(NN)nc(NCc2cccc(Br)c2)c1[N+](=O)[O-]. The van der Waals surface area contributed by atoms with Crippen LogP contribution < -0.4 is 16.6 Å². The summed E-state index contributed by atoms with van der Waals surface area (Å²) in [6.07, 6.45) is 0. The number of hydrogen-bond donors (Lipinski definition) is 3. The Balaban J connectivity index is 2.29. The second kappa shape index (κ2) is 6.46. The maximum absolute atomic E-state index is 11.1. The van der Waals surface area contributed by atoms with Gasteiger partial charge in [-0.2, -0.15) is 4.98 Å². The lowest BCUT2D eigenvalue weighted by Crippen LogP contribution is -2.14. The van der Waals surface area contributed by atoms with E-state index >= 15 is 0 Å². The average molecular weight is 353 g/mol. The van der Waals surface area contributed by atoms with Gasteiger partial charge in [-0.15, -0.1) is 0 Å². The molecule has 0 spiro atoms. The molecule has 1 aromatic carbocycles. The molecule has 21 heavy (non-hydrogen) atoms. The quantitative estimate of drug-likeness (QED) is 0.429. The summed E-state index contributed by atoms with van der Waals surface area (Å²) < 4.78 is 0.930. The number of aromatic nitrogens is 2. The van der Waals surface area contributed by atoms with Gasteiger partial charge in [0.25, 0.3) is 0 Å². The Morgan fingerprint density at radius 2 is 2.19 bits per heavy atom. The predicted octanol–water partition coefficient (Wildman–Crippen LogP) is 2.35. The molecule has 0 aliphatic carbocycles. The Kier molecular flexibility index (Phi) is 4.66. The lowest BCUT2D eigenvalue weighted by atomic mass is 10.2. The van der Waals surface area contributed by atoms with Crippen LogP contribution in [0, 0.1) is 17.0 Å². The number of nitrogen functional groups attached to an aromatic ring is 1. The highest BCUT2D eigenvalue weighted by Gasteiger charge is 2.21. The lowest BCUT2D eigenvalue weighted by molar-refractivity contribution is -0.385. The van der Waals surface area contributed by atoms with E-state index in [1.165, 1.54) is 6.92 Å². The van der Waals surface area contributed by atoms with Gasteiger partial charge in [-0.3, -0.25) is 15.5 Å². The molecule has 2 rings (SSSR count). The molecule has 1 aromatic heterocycles. The minimum Gasteiger partial charge on any atom is -0.360 e. The Morgan fingerprint density at radius 3 is 2.81 bits per heavy atom. The van der Waals surface area contributed by atoms with Crippen LogP contribution >= 0.6 is 15.9 Å². The van der Waals surface area contributed by atoms with Crippen molar-refractivity contribution in [2.75, 3.05) is 10.7 Å². The van der Waals surface area contributed by atoms with Gasteiger partial charge in [-0.25, -0.2) is 10.8 Å². The molecule has 0 radical (unpaired) electrons. The normalized spacial score (nSPS) is 10.2. The smallest absolute Gasteiger partial charge is 0.332 e. The second-order valence-electron chi connectivity index (χ2n) is 4.21. The van der Waals surface area contributed by atoms with Crippen molar-refractivity contribution in [3.05, 3.63) is 50.1 Å². The van der Waals surface area contributed by atoms with E-state index in [1.54, 1.807) is 0 Å². The molecule has 110 valence electrons. The molecule has 0 atom stereocenters. The van der Waals surface area contributed by atoms with Crippen LogP contribution in [0.3, 0.4) is 0 Å². The number of hydrazine groups is 1. The monoisotopic (exact) mass is 352 g/mol. The van der Waals surface area contributed by atoms with E-state index in [0.29, 0.717) is 6.54 Å². The van der Waals surface area contributed by atoms with Crippen molar-refractivity contribution in [1.82, 2.24) is 9.97 Å². The van der Waals surface area contributed by atoms with Crippen LogP contribution in [0.4, 0.5) is 17.5 Å². The van der Waals surface area contributed by atoms with Crippen molar-refractivity contribution in [3.8, 4) is 0 Å². The summed E-state index contributed by atoms with van der Waals surface area (Å²) in [7, 11) is 0. The van der Waals surface area contributed by atoms with Crippen molar-refractivity contribution in [2.45, 2.75) is 13.5 Å². The fourth-order valence-corrected chi connectivity index (χ4v) is 2.25. The van der Waals surface area contributed by atoms with Crippen molar-refractivity contribution < 1.29 is 4.92 Å². The summed E-state index contributed by atoms with van der Waals surface area (Å²) in [5.41, 5.74) is 3.32. The third-order valence-electron chi connectivity index (χ3n) is 2.72. The number of nitro groups is 1. The van der Waals surface area contributed by atoms with Crippen LogP contribution in [0.25, 0.3) is 0 Å². The first-order chi connectivity index (χ1) is 10.0. The van der Waals surface area contributed by atoms with E-state index in [1.807, 2.05) is 24.3 Å². The lowest BCUT2D eigenvalue weighted by Gasteiger charge is -2.09. The molecule has 0 aliphatic heterocycles. The van der Waals surface area contributed by atoms with Crippen LogP contribution in [-0.4, -0.2) is 14.9 Å². The maximum Gasteiger partial charge on any atom is 0.332 e. The van der Waals surface area contributed by atoms with Crippen molar-refractivity contribution in [3.63, 3.8) is 0 Å². The molecule has 0 saturated carbocycles. The topological polar surface area (TPSA) is 119 Å². The fraction of sp³-hybridized carbons (Fsp3) is 0.167. The standard InChI is InChI=1S/C12H13BrN6O2/c1-7-10(19(20)21)11(17-12(16-7)18-14)15-6-8-3-2-4-9(13)5-8/h2-5H,6,14H2,1H3,(H2,15,16,17,18). The van der Waals surface area contributed by atoms with Gasteiger partial charge in [-0.05, 0) is 24.6 Å². The Morgan fingerprint density at radius 1 is 1.43 bits per heavy atom. The van der Waals surface area contributed by atoms with Crippen molar-refractivity contribution in [1.29, 1.82) is 0 Å². The molecule has 0 fully saturated rings. The zero-order chi connectivity index (χ0) is 15.4. The van der Waals surface area contributed by atoms with E-state index in [2.05, 4.69) is 36.6 Å². The number of benzene rings is 1. The van der Waals surface area contributed by atoms with E-state index in [-0.39, 0.29) is 23.1 Å². The summed E-state index contributed by atoms with van der Waals surface area (Å²) in [5, 5.41) is 14.1. The van der Waals surface area contributed by atoms with E-state index < -0.39 is 4.92 Å².